The highest BCUT2D eigenvalue weighted by molar-refractivity contribution is 7.89. The molecule has 0 aliphatic carbocycles. The van der Waals surface area contributed by atoms with Crippen LogP contribution in [0.3, 0.4) is 0 Å². The van der Waals surface area contributed by atoms with Gasteiger partial charge in [0.25, 0.3) is 0 Å². The van der Waals surface area contributed by atoms with Crippen molar-refractivity contribution in [2.45, 2.75) is 44.6 Å². The molecule has 1 amide bonds. The van der Waals surface area contributed by atoms with Gasteiger partial charge in [0.1, 0.15) is 5.82 Å². The molecule has 0 fully saturated rings. The largest absolute Gasteiger partial charge is 0.350 e. The van der Waals surface area contributed by atoms with E-state index in [9.17, 15) is 22.0 Å². The molecule has 0 aliphatic heterocycles. The number of carbonyl (C=O) groups is 1. The maximum atomic E-state index is 13.4. The first kappa shape index (κ1) is 24.8. The van der Waals surface area contributed by atoms with Gasteiger partial charge < -0.3 is 9.88 Å². The fourth-order valence-corrected chi connectivity index (χ4v) is 5.21. The van der Waals surface area contributed by atoms with Crippen molar-refractivity contribution in [1.82, 2.24) is 19.2 Å². The number of benzene rings is 2. The molecule has 7 nitrogen and oxygen atoms in total. The van der Waals surface area contributed by atoms with Crippen LogP contribution in [0.25, 0.3) is 11.0 Å². The van der Waals surface area contributed by atoms with Crippen LogP contribution in [0.1, 0.15) is 44.6 Å². The molecule has 3 aromatic rings. The minimum absolute atomic E-state index is 0.135. The number of halogens is 2. The van der Waals surface area contributed by atoms with Crippen molar-refractivity contribution < 1.29 is 22.0 Å². The van der Waals surface area contributed by atoms with Crippen molar-refractivity contribution >= 4 is 27.0 Å². The van der Waals surface area contributed by atoms with E-state index in [1.165, 1.54) is 10.4 Å². The van der Waals surface area contributed by atoms with Gasteiger partial charge >= 0.3 is 0 Å². The van der Waals surface area contributed by atoms with Gasteiger partial charge in [-0.2, -0.15) is 4.31 Å². The van der Waals surface area contributed by atoms with Crippen LogP contribution >= 0.6 is 0 Å². The molecule has 2 aromatic carbocycles. The average molecular weight is 479 g/mol. The first-order chi connectivity index (χ1) is 15.6. The second-order valence-corrected chi connectivity index (χ2v) is 9.73. The van der Waals surface area contributed by atoms with Gasteiger partial charge in [0.05, 0.1) is 22.0 Å². The highest BCUT2D eigenvalue weighted by atomic mass is 32.2. The first-order valence-electron chi connectivity index (χ1n) is 10.8. The topological polar surface area (TPSA) is 84.3 Å². The number of carbonyl (C=O) groups excluding carboxylic acids is 1. The fraction of sp³-hybridized carbons (Fsp3) is 0.391. The smallest absolute Gasteiger partial charge is 0.243 e. The van der Waals surface area contributed by atoms with E-state index in [1.807, 2.05) is 11.6 Å². The Kier molecular flexibility index (Phi) is 7.48. The van der Waals surface area contributed by atoms with Crippen LogP contribution in [0.15, 0.2) is 41.3 Å². The van der Waals surface area contributed by atoms with Crippen LogP contribution in [0, 0.1) is 11.6 Å². The summed E-state index contributed by atoms with van der Waals surface area (Å²) in [4.78, 5) is 17.1. The van der Waals surface area contributed by atoms with Crippen molar-refractivity contribution in [3.05, 3.63) is 59.4 Å². The predicted octanol–water partition coefficient (Wildman–Crippen LogP) is 3.69. The predicted molar refractivity (Wildman–Crippen MR) is 122 cm³/mol. The Balaban J connectivity index is 1.72. The summed E-state index contributed by atoms with van der Waals surface area (Å²) in [6.07, 6.45) is 0.468. The van der Waals surface area contributed by atoms with Crippen LogP contribution in [0.2, 0.25) is 0 Å². The maximum absolute atomic E-state index is 13.4. The zero-order valence-electron chi connectivity index (χ0n) is 19.1. The molecule has 1 aromatic heterocycles. The molecule has 0 bridgehead atoms. The molecule has 33 heavy (non-hydrogen) atoms. The Labute approximate surface area is 192 Å². The lowest BCUT2D eigenvalue weighted by atomic mass is 10.1. The SMILES string of the molecule is CCN(CC)S(=O)(=O)c1ccc2c(c1)nc(CCC(=O)NC(C)c1ccc(F)c(F)c1)n2C. The normalized spacial score (nSPS) is 12.9. The summed E-state index contributed by atoms with van der Waals surface area (Å²) in [5.74, 6) is -1.52. The van der Waals surface area contributed by atoms with E-state index >= 15 is 0 Å². The second-order valence-electron chi connectivity index (χ2n) is 7.79. The minimum atomic E-state index is -3.60. The van der Waals surface area contributed by atoms with E-state index < -0.39 is 27.7 Å². The van der Waals surface area contributed by atoms with E-state index in [1.54, 1.807) is 39.0 Å². The molecule has 0 saturated heterocycles. The van der Waals surface area contributed by atoms with Crippen LogP contribution in [0.4, 0.5) is 8.78 Å². The average Bonchev–Trinajstić information content (AvgIpc) is 3.09. The quantitative estimate of drug-likeness (QED) is 0.508. The number of sulfonamides is 1. The molecule has 0 aliphatic rings. The fourth-order valence-electron chi connectivity index (χ4n) is 3.73. The standard InChI is InChI=1S/C23H28F2N4O3S/c1-5-29(6-2)33(31,32)17-8-10-21-20(14-17)27-22(28(21)4)11-12-23(30)26-15(3)16-7-9-18(24)19(25)13-16/h7-10,13-15H,5-6,11-12H2,1-4H3,(H,26,30). The van der Waals surface area contributed by atoms with E-state index in [4.69, 9.17) is 0 Å². The third kappa shape index (κ3) is 5.22. The van der Waals surface area contributed by atoms with Gasteiger partial charge in [-0.25, -0.2) is 22.2 Å². The number of amides is 1. The Morgan fingerprint density at radius 1 is 1.12 bits per heavy atom. The number of rotatable bonds is 9. The molecule has 1 unspecified atom stereocenters. The molecular formula is C23H28F2N4O3S. The Morgan fingerprint density at radius 3 is 2.45 bits per heavy atom. The summed E-state index contributed by atoms with van der Waals surface area (Å²) in [5, 5.41) is 2.77. The van der Waals surface area contributed by atoms with Gasteiger partial charge in [0.2, 0.25) is 15.9 Å². The summed E-state index contributed by atoms with van der Waals surface area (Å²) in [5.41, 5.74) is 1.77. The zero-order chi connectivity index (χ0) is 24.3. The van der Waals surface area contributed by atoms with Gasteiger partial charge in [-0.15, -0.1) is 0 Å². The van der Waals surface area contributed by atoms with Crippen molar-refractivity contribution in [1.29, 1.82) is 0 Å². The lowest BCUT2D eigenvalue weighted by molar-refractivity contribution is -0.121. The van der Waals surface area contributed by atoms with Crippen molar-refractivity contribution in [2.24, 2.45) is 7.05 Å². The molecule has 0 radical (unpaired) electrons. The molecule has 1 heterocycles. The van der Waals surface area contributed by atoms with Crippen LogP contribution < -0.4 is 5.32 Å². The molecule has 178 valence electrons. The number of hydrogen-bond donors (Lipinski definition) is 1. The summed E-state index contributed by atoms with van der Waals surface area (Å²) >= 11 is 0. The molecule has 0 saturated carbocycles. The third-order valence-electron chi connectivity index (χ3n) is 5.68. The molecular weight excluding hydrogens is 450 g/mol. The summed E-state index contributed by atoms with van der Waals surface area (Å²) in [6, 6.07) is 7.87. The van der Waals surface area contributed by atoms with Gasteiger partial charge in [0, 0.05) is 33.0 Å². The van der Waals surface area contributed by atoms with Crippen LogP contribution in [0.5, 0.6) is 0 Å². The number of nitrogens with one attached hydrogen (secondary N) is 1. The number of fused-ring (bicyclic) bond motifs is 1. The summed E-state index contributed by atoms with van der Waals surface area (Å²) in [6.45, 7) is 6.02. The zero-order valence-corrected chi connectivity index (χ0v) is 19.9. The lowest BCUT2D eigenvalue weighted by Crippen LogP contribution is -2.30. The molecule has 10 heteroatoms. The van der Waals surface area contributed by atoms with Gasteiger partial charge in [0.15, 0.2) is 11.6 Å². The van der Waals surface area contributed by atoms with E-state index in [-0.39, 0.29) is 17.2 Å². The Morgan fingerprint density at radius 2 is 1.82 bits per heavy atom. The highest BCUT2D eigenvalue weighted by Gasteiger charge is 2.23. The lowest BCUT2D eigenvalue weighted by Gasteiger charge is -2.18. The number of hydrogen-bond acceptors (Lipinski definition) is 4. The van der Waals surface area contributed by atoms with Gasteiger partial charge in [-0.05, 0) is 42.8 Å². The van der Waals surface area contributed by atoms with Crippen molar-refractivity contribution in [3.8, 4) is 0 Å². The highest BCUT2D eigenvalue weighted by Crippen LogP contribution is 2.23. The van der Waals surface area contributed by atoms with E-state index in [0.717, 1.165) is 17.6 Å². The molecule has 1 atom stereocenters. The molecule has 3 rings (SSSR count). The van der Waals surface area contributed by atoms with Crippen molar-refractivity contribution in [3.63, 3.8) is 0 Å². The first-order valence-corrected chi connectivity index (χ1v) is 12.2. The van der Waals surface area contributed by atoms with E-state index in [0.29, 0.717) is 36.4 Å². The molecule has 0 spiro atoms. The summed E-state index contributed by atoms with van der Waals surface area (Å²) in [7, 11) is -1.79. The second kappa shape index (κ2) is 9.96. The Bertz CT molecular complexity index is 1270. The van der Waals surface area contributed by atoms with Crippen molar-refractivity contribution in [2.75, 3.05) is 13.1 Å². The Hall–Kier alpha value is -2.85. The third-order valence-corrected chi connectivity index (χ3v) is 7.73. The number of imidazole rings is 1. The summed E-state index contributed by atoms with van der Waals surface area (Å²) < 4.78 is 55.4. The minimum Gasteiger partial charge on any atom is -0.350 e. The van der Waals surface area contributed by atoms with Gasteiger partial charge in [-0.1, -0.05) is 19.9 Å². The van der Waals surface area contributed by atoms with Gasteiger partial charge in [-0.3, -0.25) is 4.79 Å². The molecule has 1 N–H and O–H groups in total. The number of aryl methyl sites for hydroxylation is 2. The maximum Gasteiger partial charge on any atom is 0.243 e. The number of aromatic nitrogens is 2. The monoisotopic (exact) mass is 478 g/mol. The number of nitrogens with zero attached hydrogens (tertiary/aromatic N) is 3. The van der Waals surface area contributed by atoms with Crippen LogP contribution in [-0.4, -0.2) is 41.3 Å². The van der Waals surface area contributed by atoms with Crippen LogP contribution in [-0.2, 0) is 28.3 Å². The van der Waals surface area contributed by atoms with E-state index in [2.05, 4.69) is 10.3 Å².